The fourth-order valence-electron chi connectivity index (χ4n) is 5.69. The van der Waals surface area contributed by atoms with Crippen LogP contribution in [0.3, 0.4) is 0 Å². The molecule has 10 nitrogen and oxygen atoms in total. The lowest BCUT2D eigenvalue weighted by Crippen LogP contribution is -2.34. The number of phenolic OH excluding ortho intramolecular Hbond substituents is 1. The summed E-state index contributed by atoms with van der Waals surface area (Å²) in [6.07, 6.45) is 1.09. The average Bonchev–Trinajstić information content (AvgIpc) is 3.01. The summed E-state index contributed by atoms with van der Waals surface area (Å²) in [6, 6.07) is 18.2. The van der Waals surface area contributed by atoms with Crippen LogP contribution in [0.25, 0.3) is 27.7 Å². The number of esters is 1. The van der Waals surface area contributed by atoms with Gasteiger partial charge in [0.05, 0.1) is 25.4 Å². The Hall–Kier alpha value is -5.77. The van der Waals surface area contributed by atoms with Gasteiger partial charge in [-0.05, 0) is 65.6 Å². The first kappa shape index (κ1) is 27.1. The highest BCUT2D eigenvalue weighted by Gasteiger charge is 2.36. The van der Waals surface area contributed by atoms with Crippen LogP contribution in [0.1, 0.15) is 22.3 Å². The standard InChI is InChI=1S/C34H24O10/c1-39-21-7-9-27-23(16-21)19(15-29(36)41-27)12-20-13-25-31(40-2)24-11-17(6-8-28(24)42-34(25)44-33(20)38)10-18-14-30(37)43-32-22(18)4-3-5-26(32)35/h3-9,11,13-16,34-35H,10,12H2,1-2H3. The summed E-state index contributed by atoms with van der Waals surface area (Å²) < 4.78 is 33.5. The number of hydrogen-bond acceptors (Lipinski definition) is 10. The molecular formula is C34H24O10. The summed E-state index contributed by atoms with van der Waals surface area (Å²) >= 11 is 0. The minimum Gasteiger partial charge on any atom is -0.504 e. The SMILES string of the molecule is COC1=C2C=C(Cc3cc(=O)oc4ccc(OC)cc34)C(=O)OC2Oc2ccc(Cc3cc(=O)oc4c(O)cccc34)cc21. The molecule has 0 saturated carbocycles. The van der Waals surface area contributed by atoms with E-state index in [1.807, 2.05) is 12.1 Å². The van der Waals surface area contributed by atoms with Crippen LogP contribution in [-0.2, 0) is 27.1 Å². The fraction of sp³-hybridized carbons (Fsp3) is 0.147. The quantitative estimate of drug-likeness (QED) is 0.212. The lowest BCUT2D eigenvalue weighted by molar-refractivity contribution is -0.155. The van der Waals surface area contributed by atoms with Gasteiger partial charge in [-0.2, -0.15) is 0 Å². The lowest BCUT2D eigenvalue weighted by Gasteiger charge is -2.32. The highest BCUT2D eigenvalue weighted by molar-refractivity contribution is 5.94. The Kier molecular flexibility index (Phi) is 6.46. The number of hydrogen-bond donors (Lipinski definition) is 1. The second-order valence-corrected chi connectivity index (χ2v) is 10.4. The first-order chi connectivity index (χ1) is 21.3. The number of carbonyl (C=O) groups excluding carboxylic acids is 1. The maximum Gasteiger partial charge on any atom is 0.337 e. The molecule has 220 valence electrons. The molecular weight excluding hydrogens is 568 g/mol. The second kappa shape index (κ2) is 10.5. The van der Waals surface area contributed by atoms with Crippen LogP contribution in [0.5, 0.6) is 17.2 Å². The number of rotatable bonds is 6. The van der Waals surface area contributed by atoms with Gasteiger partial charge in [-0.25, -0.2) is 14.4 Å². The number of benzene rings is 3. The van der Waals surface area contributed by atoms with E-state index in [0.29, 0.717) is 67.9 Å². The summed E-state index contributed by atoms with van der Waals surface area (Å²) in [6.45, 7) is 0. The molecule has 44 heavy (non-hydrogen) atoms. The Balaban J connectivity index is 1.28. The highest BCUT2D eigenvalue weighted by Crippen LogP contribution is 2.41. The van der Waals surface area contributed by atoms with Crippen LogP contribution in [0.2, 0.25) is 0 Å². The molecule has 0 aliphatic carbocycles. The van der Waals surface area contributed by atoms with E-state index < -0.39 is 23.5 Å². The summed E-state index contributed by atoms with van der Waals surface area (Å²) in [5, 5.41) is 11.5. The first-order valence-corrected chi connectivity index (χ1v) is 13.7. The fourth-order valence-corrected chi connectivity index (χ4v) is 5.69. The number of aromatic hydroxyl groups is 1. The van der Waals surface area contributed by atoms with E-state index in [4.69, 9.17) is 27.8 Å². The van der Waals surface area contributed by atoms with E-state index in [2.05, 4.69) is 0 Å². The van der Waals surface area contributed by atoms with Crippen LogP contribution >= 0.6 is 0 Å². The molecule has 0 fully saturated rings. The predicted octanol–water partition coefficient (Wildman–Crippen LogP) is 5.01. The van der Waals surface area contributed by atoms with E-state index in [1.54, 1.807) is 42.5 Å². The molecule has 2 aliphatic heterocycles. The van der Waals surface area contributed by atoms with Crippen molar-refractivity contribution in [2.45, 2.75) is 19.1 Å². The van der Waals surface area contributed by atoms with E-state index >= 15 is 0 Å². The van der Waals surface area contributed by atoms with Gasteiger partial charge in [-0.15, -0.1) is 0 Å². The van der Waals surface area contributed by atoms with Crippen molar-refractivity contribution in [1.82, 2.24) is 0 Å². The molecule has 4 heterocycles. The van der Waals surface area contributed by atoms with Crippen molar-refractivity contribution in [2.24, 2.45) is 0 Å². The molecule has 1 unspecified atom stereocenters. The second-order valence-electron chi connectivity index (χ2n) is 10.4. The summed E-state index contributed by atoms with van der Waals surface area (Å²) in [4.78, 5) is 37.7. The number of methoxy groups -OCH3 is 2. The summed E-state index contributed by atoms with van der Waals surface area (Å²) in [5.41, 5.74) is 2.91. The van der Waals surface area contributed by atoms with Crippen molar-refractivity contribution in [2.75, 3.05) is 14.2 Å². The van der Waals surface area contributed by atoms with E-state index in [9.17, 15) is 19.5 Å². The van der Waals surface area contributed by atoms with Crippen molar-refractivity contribution < 1.29 is 37.7 Å². The maximum absolute atomic E-state index is 13.1. The Bertz CT molecular complexity index is 2180. The number of ether oxygens (including phenoxy) is 4. The van der Waals surface area contributed by atoms with Crippen molar-refractivity contribution >= 4 is 33.7 Å². The van der Waals surface area contributed by atoms with Gasteiger partial charge in [0.25, 0.3) is 6.29 Å². The molecule has 0 spiro atoms. The maximum atomic E-state index is 13.1. The molecule has 1 atom stereocenters. The average molecular weight is 593 g/mol. The van der Waals surface area contributed by atoms with Crippen LogP contribution in [0.4, 0.5) is 0 Å². The zero-order valence-electron chi connectivity index (χ0n) is 23.5. The minimum atomic E-state index is -1.03. The van der Waals surface area contributed by atoms with Crippen LogP contribution < -0.4 is 20.7 Å². The normalized spacial score (nSPS) is 15.7. The Morgan fingerprint density at radius 3 is 2.39 bits per heavy atom. The summed E-state index contributed by atoms with van der Waals surface area (Å²) in [5.74, 6) is 0.786. The van der Waals surface area contributed by atoms with Crippen molar-refractivity contribution in [3.63, 3.8) is 0 Å². The van der Waals surface area contributed by atoms with Gasteiger partial charge in [0.1, 0.15) is 22.8 Å². The third kappa shape index (κ3) is 4.66. The largest absolute Gasteiger partial charge is 0.504 e. The van der Waals surface area contributed by atoms with Gasteiger partial charge in [0.2, 0.25) is 0 Å². The van der Waals surface area contributed by atoms with Gasteiger partial charge in [0, 0.05) is 34.9 Å². The van der Waals surface area contributed by atoms with E-state index in [0.717, 1.165) is 5.56 Å². The Labute approximate surface area is 249 Å². The molecule has 2 aliphatic rings. The van der Waals surface area contributed by atoms with Gasteiger partial charge in [0.15, 0.2) is 11.3 Å². The number of carbonyl (C=O) groups is 1. The van der Waals surface area contributed by atoms with E-state index in [-0.39, 0.29) is 17.8 Å². The van der Waals surface area contributed by atoms with Crippen molar-refractivity contribution in [1.29, 1.82) is 0 Å². The molecule has 0 bridgehead atoms. The van der Waals surface area contributed by atoms with Gasteiger partial charge in [-0.3, -0.25) is 0 Å². The Morgan fingerprint density at radius 1 is 0.795 bits per heavy atom. The predicted molar refractivity (Wildman–Crippen MR) is 159 cm³/mol. The topological polar surface area (TPSA) is 135 Å². The van der Waals surface area contributed by atoms with Gasteiger partial charge >= 0.3 is 17.2 Å². The van der Waals surface area contributed by atoms with Crippen molar-refractivity contribution in [3.05, 3.63) is 127 Å². The number of fused-ring (bicyclic) bond motifs is 4. The molecule has 3 aromatic carbocycles. The molecule has 0 saturated heterocycles. The lowest BCUT2D eigenvalue weighted by atomic mass is 9.94. The first-order valence-electron chi connectivity index (χ1n) is 13.7. The number of phenols is 1. The zero-order valence-corrected chi connectivity index (χ0v) is 23.5. The molecule has 0 radical (unpaired) electrons. The third-order valence-corrected chi connectivity index (χ3v) is 7.69. The van der Waals surface area contributed by atoms with Crippen LogP contribution in [0.15, 0.2) is 102 Å². The molecule has 7 rings (SSSR count). The summed E-state index contributed by atoms with van der Waals surface area (Å²) in [7, 11) is 3.06. The van der Waals surface area contributed by atoms with Crippen LogP contribution in [-0.4, -0.2) is 31.6 Å². The zero-order chi connectivity index (χ0) is 30.5. The van der Waals surface area contributed by atoms with Crippen molar-refractivity contribution in [3.8, 4) is 17.2 Å². The third-order valence-electron chi connectivity index (χ3n) is 7.69. The Morgan fingerprint density at radius 2 is 1.59 bits per heavy atom. The molecule has 5 aromatic rings. The minimum absolute atomic E-state index is 0.0880. The molecule has 10 heteroatoms. The van der Waals surface area contributed by atoms with Crippen LogP contribution in [0, 0.1) is 0 Å². The van der Waals surface area contributed by atoms with Gasteiger partial charge in [-0.1, -0.05) is 18.2 Å². The van der Waals surface area contributed by atoms with E-state index in [1.165, 1.54) is 32.4 Å². The number of para-hydroxylation sites is 1. The molecule has 0 amide bonds. The molecule has 2 aromatic heterocycles. The monoisotopic (exact) mass is 592 g/mol. The van der Waals surface area contributed by atoms with Gasteiger partial charge < -0.3 is 32.9 Å². The molecule has 1 N–H and O–H groups in total. The smallest absolute Gasteiger partial charge is 0.337 e. The highest BCUT2D eigenvalue weighted by atomic mass is 16.7.